The van der Waals surface area contributed by atoms with E-state index in [1.54, 1.807) is 55.7 Å². The number of fused-ring (bicyclic) bond motifs is 2. The van der Waals surface area contributed by atoms with Crippen molar-refractivity contribution in [2.75, 3.05) is 46.0 Å². The second kappa shape index (κ2) is 22.1. The summed E-state index contributed by atoms with van der Waals surface area (Å²) in [5.74, 6) is -1.41. The van der Waals surface area contributed by atoms with Crippen LogP contribution < -0.4 is 24.3 Å². The molecule has 3 N–H and O–H groups in total. The normalized spacial score (nSPS) is 25.7. The van der Waals surface area contributed by atoms with E-state index in [0.29, 0.717) is 54.5 Å². The lowest BCUT2D eigenvalue weighted by atomic mass is 9.55. The fourth-order valence-corrected chi connectivity index (χ4v) is 10.5. The Morgan fingerprint density at radius 2 is 1.73 bits per heavy atom. The molecule has 15 heteroatoms. The van der Waals surface area contributed by atoms with Gasteiger partial charge in [-0.25, -0.2) is 9.18 Å². The number of anilines is 1. The van der Waals surface area contributed by atoms with Gasteiger partial charge < -0.3 is 48.4 Å². The Bertz CT molecular complexity index is 2260. The molecule has 3 aromatic carbocycles. The van der Waals surface area contributed by atoms with Gasteiger partial charge >= 0.3 is 6.09 Å². The van der Waals surface area contributed by atoms with Crippen LogP contribution in [-0.2, 0) is 25.7 Å². The molecule has 2 heterocycles. The standard InChI is InChI=1S/C52H64FN3O11/c1-4-26-64-52-46(56(50(59)34-16-17-34)32-33-14-18-36(53)19-15-33)31-43(55-67-47-13-7-10-27-63-47)40-28-35(11-5-8-24-57)39(12-6-9-25-58)48(49(40)52)41-29-38(21-23-44(41)66-52)65-51(60)54-42-22-20-37(61-2)30-45(42)62-3/h4,14-15,18-23,28-30,34-35,39,46-49,57-58H,1,5-13,16-17,24-27,31-32H2,2-3H3,(H,54,60). The number of rotatable bonds is 21. The van der Waals surface area contributed by atoms with E-state index < -0.39 is 30.1 Å². The fraction of sp³-hybridized carbons (Fsp3) is 0.519. The van der Waals surface area contributed by atoms with E-state index >= 15 is 0 Å². The molecule has 2 amide bonds. The summed E-state index contributed by atoms with van der Waals surface area (Å²) >= 11 is 0. The summed E-state index contributed by atoms with van der Waals surface area (Å²) in [6, 6.07) is 15.8. The van der Waals surface area contributed by atoms with Crippen LogP contribution in [0, 0.1) is 29.5 Å². The minimum atomic E-state index is -1.50. The molecule has 2 aliphatic heterocycles. The Morgan fingerprint density at radius 1 is 0.955 bits per heavy atom. The Hall–Kier alpha value is -5.48. The van der Waals surface area contributed by atoms with Crippen LogP contribution in [0.15, 0.2) is 90.1 Å². The molecular weight excluding hydrogens is 862 g/mol. The van der Waals surface area contributed by atoms with Gasteiger partial charge in [-0.05, 0) is 117 Å². The number of carbonyl (C=O) groups is 2. The summed E-state index contributed by atoms with van der Waals surface area (Å²) in [6.45, 7) is 4.96. The quantitative estimate of drug-likeness (QED) is 0.0530. The van der Waals surface area contributed by atoms with E-state index in [0.717, 1.165) is 68.1 Å². The predicted octanol–water partition coefficient (Wildman–Crippen LogP) is 9.05. The second-order valence-electron chi connectivity index (χ2n) is 18.1. The number of oxime groups is 1. The van der Waals surface area contributed by atoms with Crippen LogP contribution in [0.25, 0.3) is 0 Å². The number of hydrogen-bond acceptors (Lipinski definition) is 12. The topological polar surface area (TPSA) is 167 Å². The van der Waals surface area contributed by atoms with Crippen molar-refractivity contribution >= 4 is 23.4 Å². The van der Waals surface area contributed by atoms with Gasteiger partial charge in [-0.1, -0.05) is 42.3 Å². The van der Waals surface area contributed by atoms with Crippen LogP contribution in [-0.4, -0.2) is 91.6 Å². The number of nitrogens with one attached hydrogen (secondary N) is 1. The molecule has 2 saturated carbocycles. The molecule has 3 fully saturated rings. The third-order valence-electron chi connectivity index (χ3n) is 13.8. The van der Waals surface area contributed by atoms with Crippen LogP contribution in [0.3, 0.4) is 0 Å². The first-order valence-electron chi connectivity index (χ1n) is 23.8. The molecular formula is C52H64FN3O11. The van der Waals surface area contributed by atoms with Crippen molar-refractivity contribution in [3.05, 3.63) is 102 Å². The number of ether oxygens (including phenoxy) is 6. The van der Waals surface area contributed by atoms with Gasteiger partial charge in [0.05, 0.1) is 44.8 Å². The van der Waals surface area contributed by atoms with Crippen molar-refractivity contribution < 1.29 is 57.5 Å². The number of nitrogens with zero attached hydrogens (tertiary/aromatic N) is 2. The van der Waals surface area contributed by atoms with Gasteiger partial charge in [-0.2, -0.15) is 0 Å². The molecule has 14 nitrogen and oxygen atoms in total. The molecule has 7 atom stereocenters. The molecule has 1 saturated heterocycles. The summed E-state index contributed by atoms with van der Waals surface area (Å²) in [5.41, 5.74) is 3.44. The van der Waals surface area contributed by atoms with Gasteiger partial charge in [0.15, 0.2) is 0 Å². The van der Waals surface area contributed by atoms with Crippen molar-refractivity contribution in [1.82, 2.24) is 4.90 Å². The van der Waals surface area contributed by atoms with E-state index in [4.69, 9.17) is 38.4 Å². The van der Waals surface area contributed by atoms with Crippen LogP contribution >= 0.6 is 0 Å². The average Bonchev–Trinajstić information content (AvgIpc) is 4.20. The minimum absolute atomic E-state index is 0.0175. The van der Waals surface area contributed by atoms with E-state index in [9.17, 15) is 24.2 Å². The van der Waals surface area contributed by atoms with Crippen molar-refractivity contribution in [2.24, 2.45) is 28.8 Å². The summed E-state index contributed by atoms with van der Waals surface area (Å²) in [4.78, 5) is 36.6. The zero-order chi connectivity index (χ0) is 46.9. The summed E-state index contributed by atoms with van der Waals surface area (Å²) in [7, 11) is 3.05. The maximum atomic E-state index is 14.9. The molecule has 0 spiro atoms. The summed E-state index contributed by atoms with van der Waals surface area (Å²) in [5, 5.41) is 27.7. The predicted molar refractivity (Wildman–Crippen MR) is 249 cm³/mol. The van der Waals surface area contributed by atoms with Crippen LogP contribution in [0.1, 0.15) is 94.1 Å². The Balaban J connectivity index is 1.29. The van der Waals surface area contributed by atoms with Gasteiger partial charge in [0, 0.05) is 56.1 Å². The summed E-state index contributed by atoms with van der Waals surface area (Å²) in [6.07, 6.45) is 11.2. The number of halogens is 1. The first-order chi connectivity index (χ1) is 32.7. The monoisotopic (exact) mass is 925 g/mol. The average molecular weight is 926 g/mol. The number of aliphatic hydroxyl groups is 2. The second-order valence-corrected chi connectivity index (χ2v) is 18.1. The highest BCUT2D eigenvalue weighted by Crippen LogP contribution is 2.62. The third-order valence-corrected chi connectivity index (χ3v) is 13.8. The maximum Gasteiger partial charge on any atom is 0.417 e. The third kappa shape index (κ3) is 10.8. The van der Waals surface area contributed by atoms with E-state index in [-0.39, 0.29) is 73.9 Å². The van der Waals surface area contributed by atoms with Gasteiger partial charge in [-0.15, -0.1) is 6.58 Å². The van der Waals surface area contributed by atoms with Crippen molar-refractivity contribution in [1.29, 1.82) is 0 Å². The van der Waals surface area contributed by atoms with E-state index in [1.165, 1.54) is 19.2 Å². The molecule has 3 aromatic rings. The van der Waals surface area contributed by atoms with Gasteiger partial charge in [0.1, 0.15) is 34.9 Å². The Morgan fingerprint density at radius 3 is 2.43 bits per heavy atom. The maximum absolute atomic E-state index is 14.9. The van der Waals surface area contributed by atoms with E-state index in [1.807, 2.05) is 11.0 Å². The van der Waals surface area contributed by atoms with Crippen LogP contribution in [0.5, 0.6) is 23.0 Å². The number of hydrogen-bond donors (Lipinski definition) is 3. The SMILES string of the molecule is C=CCOC12Oc3ccc(OC(=O)Nc4ccc(OC)cc4OC)cc3C3C(CCCCO)C(CCCCO)C=C(C(=NOC4CCCCO4)CC1N(Cc1ccc(F)cc1)C(=O)C1CC1)C32. The first kappa shape index (κ1) is 48.0. The zero-order valence-corrected chi connectivity index (χ0v) is 38.5. The Kier molecular flexibility index (Phi) is 15.8. The van der Waals surface area contributed by atoms with Crippen molar-refractivity contribution in [3.8, 4) is 23.0 Å². The number of aliphatic hydroxyl groups excluding tert-OH is 2. The van der Waals surface area contributed by atoms with Crippen LogP contribution in [0.2, 0.25) is 0 Å². The Labute approximate surface area is 392 Å². The van der Waals surface area contributed by atoms with Gasteiger partial charge in [0.25, 0.3) is 0 Å². The molecule has 7 unspecified atom stereocenters. The number of amides is 2. The molecule has 0 radical (unpaired) electrons. The lowest BCUT2D eigenvalue weighted by molar-refractivity contribution is -0.258. The van der Waals surface area contributed by atoms with Crippen molar-refractivity contribution in [3.63, 3.8) is 0 Å². The van der Waals surface area contributed by atoms with Crippen LogP contribution in [0.4, 0.5) is 14.9 Å². The first-order valence-corrected chi connectivity index (χ1v) is 23.8. The number of carbonyl (C=O) groups excluding carboxylic acids is 2. The summed E-state index contributed by atoms with van der Waals surface area (Å²) < 4.78 is 51.7. The molecule has 360 valence electrons. The zero-order valence-electron chi connectivity index (χ0n) is 38.5. The largest absolute Gasteiger partial charge is 0.497 e. The molecule has 0 aromatic heterocycles. The molecule has 8 rings (SSSR count). The van der Waals surface area contributed by atoms with Crippen molar-refractivity contribution in [2.45, 2.75) is 108 Å². The minimum Gasteiger partial charge on any atom is -0.497 e. The highest BCUT2D eigenvalue weighted by molar-refractivity contribution is 6.03. The molecule has 0 bridgehead atoms. The van der Waals surface area contributed by atoms with Gasteiger partial charge in [0.2, 0.25) is 18.0 Å². The fourth-order valence-electron chi connectivity index (χ4n) is 10.5. The lowest BCUT2D eigenvalue weighted by Crippen LogP contribution is -2.70. The van der Waals surface area contributed by atoms with E-state index in [2.05, 4.69) is 18.0 Å². The highest BCUT2D eigenvalue weighted by Gasteiger charge is 2.66. The highest BCUT2D eigenvalue weighted by atomic mass is 19.1. The number of benzene rings is 3. The van der Waals surface area contributed by atoms with Gasteiger partial charge in [-0.3, -0.25) is 10.1 Å². The smallest absolute Gasteiger partial charge is 0.417 e. The number of unbranched alkanes of at least 4 members (excludes halogenated alkanes) is 2. The number of allylic oxidation sites excluding steroid dienone is 1. The molecule has 67 heavy (non-hydrogen) atoms. The molecule has 5 aliphatic rings. The lowest BCUT2D eigenvalue weighted by Gasteiger charge is -2.60. The number of methoxy groups -OCH3 is 2. The molecule has 3 aliphatic carbocycles.